The van der Waals surface area contributed by atoms with Crippen LogP contribution in [0.1, 0.15) is 6.92 Å². The van der Waals surface area contributed by atoms with E-state index in [4.69, 9.17) is 4.74 Å². The second kappa shape index (κ2) is 6.05. The molecule has 1 amide bonds. The van der Waals surface area contributed by atoms with Gasteiger partial charge in [0.2, 0.25) is 16.8 Å². The zero-order chi connectivity index (χ0) is 15.7. The number of fused-ring (bicyclic) bond motifs is 1. The molecule has 0 saturated carbocycles. The Kier molecular flexibility index (Phi) is 4.12. The molecule has 22 heavy (non-hydrogen) atoms. The van der Waals surface area contributed by atoms with Gasteiger partial charge in [-0.2, -0.15) is 4.98 Å². The van der Waals surface area contributed by atoms with Gasteiger partial charge in [0, 0.05) is 10.9 Å². The number of hydrogen-bond donors (Lipinski definition) is 1. The van der Waals surface area contributed by atoms with E-state index in [2.05, 4.69) is 31.3 Å². The van der Waals surface area contributed by atoms with Gasteiger partial charge in [-0.3, -0.25) is 10.1 Å². The van der Waals surface area contributed by atoms with Crippen LogP contribution in [0.5, 0.6) is 5.75 Å². The first-order chi connectivity index (χ1) is 10.6. The molecule has 2 heterocycles. The molecule has 0 spiro atoms. The van der Waals surface area contributed by atoms with Gasteiger partial charge in [-0.25, -0.2) is 4.52 Å². The Morgan fingerprint density at radius 3 is 3.05 bits per heavy atom. The Morgan fingerprint density at radius 1 is 1.50 bits per heavy atom. The number of hydrogen-bond acceptors (Lipinski definition) is 5. The first-order valence-electron chi connectivity index (χ1n) is 6.52. The van der Waals surface area contributed by atoms with Crippen LogP contribution in [0.3, 0.4) is 0 Å². The molecule has 0 saturated heterocycles. The SMILES string of the molecule is COc1cccc(-c2csc3nc(NC(=O)C(C)Br)nn23)c1. The number of nitrogens with zero attached hydrogens (tertiary/aromatic N) is 3. The van der Waals surface area contributed by atoms with Crippen molar-refractivity contribution in [2.24, 2.45) is 0 Å². The second-order valence-corrected chi connectivity index (χ2v) is 6.80. The molecule has 1 unspecified atom stereocenters. The molecule has 3 aromatic rings. The summed E-state index contributed by atoms with van der Waals surface area (Å²) < 4.78 is 6.96. The van der Waals surface area contributed by atoms with E-state index in [1.54, 1.807) is 18.5 Å². The molecule has 2 aromatic heterocycles. The maximum atomic E-state index is 11.7. The van der Waals surface area contributed by atoms with E-state index in [1.165, 1.54) is 11.3 Å². The first-order valence-corrected chi connectivity index (χ1v) is 8.31. The third-order valence-corrected chi connectivity index (χ3v) is 4.28. The molecule has 6 nitrogen and oxygen atoms in total. The largest absolute Gasteiger partial charge is 0.497 e. The van der Waals surface area contributed by atoms with Crippen molar-refractivity contribution in [3.8, 4) is 17.0 Å². The molecule has 0 aliphatic carbocycles. The van der Waals surface area contributed by atoms with Crippen molar-refractivity contribution in [3.63, 3.8) is 0 Å². The molecule has 0 fully saturated rings. The van der Waals surface area contributed by atoms with Gasteiger partial charge >= 0.3 is 0 Å². The number of anilines is 1. The van der Waals surface area contributed by atoms with E-state index in [0.29, 0.717) is 5.95 Å². The fraction of sp³-hybridized carbons (Fsp3) is 0.214. The Balaban J connectivity index is 1.97. The average Bonchev–Trinajstić information content (AvgIpc) is 3.06. The lowest BCUT2D eigenvalue weighted by Gasteiger charge is -2.03. The number of halogens is 1. The van der Waals surface area contributed by atoms with Crippen LogP contribution in [0.4, 0.5) is 5.95 Å². The smallest absolute Gasteiger partial charge is 0.250 e. The highest BCUT2D eigenvalue weighted by Gasteiger charge is 2.15. The van der Waals surface area contributed by atoms with Gasteiger partial charge in [-0.1, -0.05) is 28.1 Å². The molecular weight excluding hydrogens is 368 g/mol. The lowest BCUT2D eigenvalue weighted by Crippen LogP contribution is -2.20. The molecule has 0 radical (unpaired) electrons. The molecule has 114 valence electrons. The minimum Gasteiger partial charge on any atom is -0.497 e. The number of carbonyl (C=O) groups excluding carboxylic acids is 1. The van der Waals surface area contributed by atoms with Crippen molar-refractivity contribution in [1.82, 2.24) is 14.6 Å². The predicted molar refractivity (Wildman–Crippen MR) is 89.9 cm³/mol. The van der Waals surface area contributed by atoms with Crippen molar-refractivity contribution in [2.45, 2.75) is 11.8 Å². The van der Waals surface area contributed by atoms with Crippen molar-refractivity contribution in [1.29, 1.82) is 0 Å². The minimum atomic E-state index is -0.299. The molecule has 0 bridgehead atoms. The molecule has 3 rings (SSSR count). The van der Waals surface area contributed by atoms with Gasteiger partial charge in [-0.15, -0.1) is 16.4 Å². The molecule has 0 aliphatic heterocycles. The number of carbonyl (C=O) groups is 1. The van der Waals surface area contributed by atoms with Crippen LogP contribution in [0.25, 0.3) is 16.2 Å². The van der Waals surface area contributed by atoms with Crippen molar-refractivity contribution in [3.05, 3.63) is 29.6 Å². The lowest BCUT2D eigenvalue weighted by atomic mass is 10.2. The molecule has 1 aromatic carbocycles. The number of benzene rings is 1. The van der Waals surface area contributed by atoms with Crippen molar-refractivity contribution in [2.75, 3.05) is 12.4 Å². The van der Waals surface area contributed by atoms with E-state index >= 15 is 0 Å². The number of ether oxygens (including phenoxy) is 1. The van der Waals surface area contributed by atoms with Crippen LogP contribution in [0.15, 0.2) is 29.6 Å². The highest BCUT2D eigenvalue weighted by molar-refractivity contribution is 9.10. The van der Waals surface area contributed by atoms with Gasteiger partial charge in [0.15, 0.2) is 0 Å². The molecule has 0 aliphatic rings. The van der Waals surface area contributed by atoms with Crippen LogP contribution < -0.4 is 10.1 Å². The highest BCUT2D eigenvalue weighted by Crippen LogP contribution is 2.28. The van der Waals surface area contributed by atoms with Crippen LogP contribution in [0, 0.1) is 0 Å². The van der Waals surface area contributed by atoms with Gasteiger partial charge in [0.05, 0.1) is 17.6 Å². The highest BCUT2D eigenvalue weighted by atomic mass is 79.9. The third-order valence-electron chi connectivity index (χ3n) is 3.04. The zero-order valence-corrected chi connectivity index (χ0v) is 14.3. The van der Waals surface area contributed by atoms with Gasteiger partial charge in [-0.05, 0) is 19.1 Å². The number of nitrogens with one attached hydrogen (secondary N) is 1. The summed E-state index contributed by atoms with van der Waals surface area (Å²) in [7, 11) is 1.63. The number of amides is 1. The Labute approximate surface area is 139 Å². The number of thiazole rings is 1. The first kappa shape index (κ1) is 15.0. The topological polar surface area (TPSA) is 68.5 Å². The van der Waals surface area contributed by atoms with E-state index in [1.807, 2.05) is 29.6 Å². The van der Waals surface area contributed by atoms with E-state index < -0.39 is 0 Å². The third kappa shape index (κ3) is 2.84. The summed E-state index contributed by atoms with van der Waals surface area (Å²) in [5, 5.41) is 9.00. The quantitative estimate of drug-likeness (QED) is 0.705. The van der Waals surface area contributed by atoms with E-state index in [0.717, 1.165) is 22.0 Å². The van der Waals surface area contributed by atoms with Gasteiger partial charge in [0.1, 0.15) is 5.75 Å². The van der Waals surface area contributed by atoms with Crippen LogP contribution in [-0.2, 0) is 4.79 Å². The number of methoxy groups -OCH3 is 1. The fourth-order valence-electron chi connectivity index (χ4n) is 1.92. The van der Waals surface area contributed by atoms with Crippen LogP contribution >= 0.6 is 27.3 Å². The normalized spacial score (nSPS) is 12.3. The predicted octanol–water partition coefficient (Wildman–Crippen LogP) is 3.19. The molecule has 1 atom stereocenters. The summed E-state index contributed by atoms with van der Waals surface area (Å²) in [6.07, 6.45) is 0. The van der Waals surface area contributed by atoms with Gasteiger partial charge in [0.25, 0.3) is 0 Å². The fourth-order valence-corrected chi connectivity index (χ4v) is 2.87. The Morgan fingerprint density at radius 2 is 2.32 bits per heavy atom. The lowest BCUT2D eigenvalue weighted by molar-refractivity contribution is -0.115. The average molecular weight is 381 g/mol. The van der Waals surface area contributed by atoms with E-state index in [9.17, 15) is 4.79 Å². The second-order valence-electron chi connectivity index (χ2n) is 4.59. The van der Waals surface area contributed by atoms with Crippen molar-refractivity contribution >= 4 is 44.1 Å². The zero-order valence-electron chi connectivity index (χ0n) is 11.9. The Hall–Kier alpha value is -1.93. The molecule has 8 heteroatoms. The summed E-state index contributed by atoms with van der Waals surface area (Å²) in [4.78, 5) is 16.4. The number of rotatable bonds is 4. The van der Waals surface area contributed by atoms with Crippen LogP contribution in [0.2, 0.25) is 0 Å². The standard InChI is InChI=1S/C14H13BrN4O2S/c1-8(15)12(20)16-13-17-14-19(18-13)11(7-22-14)9-4-3-5-10(6-9)21-2/h3-8H,1-2H3,(H,16,18,20). The van der Waals surface area contributed by atoms with Crippen molar-refractivity contribution < 1.29 is 9.53 Å². The van der Waals surface area contributed by atoms with E-state index in [-0.39, 0.29) is 10.7 Å². The van der Waals surface area contributed by atoms with Crippen LogP contribution in [-0.4, -0.2) is 32.4 Å². The summed E-state index contributed by atoms with van der Waals surface area (Å²) in [6, 6.07) is 7.72. The number of alkyl halides is 1. The molecule has 1 N–H and O–H groups in total. The monoisotopic (exact) mass is 380 g/mol. The summed E-state index contributed by atoms with van der Waals surface area (Å²) in [5.41, 5.74) is 1.88. The maximum absolute atomic E-state index is 11.7. The summed E-state index contributed by atoms with van der Waals surface area (Å²) in [5.74, 6) is 0.895. The minimum absolute atomic E-state index is 0.179. The summed E-state index contributed by atoms with van der Waals surface area (Å²) >= 11 is 4.68. The summed E-state index contributed by atoms with van der Waals surface area (Å²) in [6.45, 7) is 1.75. The maximum Gasteiger partial charge on any atom is 0.250 e. The van der Waals surface area contributed by atoms with Gasteiger partial charge < -0.3 is 4.74 Å². The molecular formula is C14H13BrN4O2S. The number of aromatic nitrogens is 3. The Bertz CT molecular complexity index is 827.